The fourth-order valence-electron chi connectivity index (χ4n) is 7.22. The zero-order chi connectivity index (χ0) is 23.0. The lowest BCUT2D eigenvalue weighted by molar-refractivity contribution is -0.136. The molecule has 2 heterocycles. The molecule has 3 atom stereocenters. The minimum absolute atomic E-state index is 0.0109. The van der Waals surface area contributed by atoms with Gasteiger partial charge in [0.1, 0.15) is 11.5 Å². The van der Waals surface area contributed by atoms with Crippen molar-refractivity contribution in [2.45, 2.75) is 74.8 Å². The molecule has 7 rings (SSSR count). The van der Waals surface area contributed by atoms with E-state index in [0.29, 0.717) is 43.1 Å². The topological polar surface area (TPSA) is 103 Å². The van der Waals surface area contributed by atoms with Crippen LogP contribution >= 0.6 is 0 Å². The van der Waals surface area contributed by atoms with Gasteiger partial charge >= 0.3 is 0 Å². The third-order valence-corrected chi connectivity index (χ3v) is 11.1. The van der Waals surface area contributed by atoms with E-state index in [-0.39, 0.29) is 23.2 Å². The average molecular weight is 475 g/mol. The fraction of sp³-hybridized carbons (Fsp3) is 0.750. The summed E-state index contributed by atoms with van der Waals surface area (Å²) >= 11 is 0. The zero-order valence-electron chi connectivity index (χ0n) is 19.2. The van der Waals surface area contributed by atoms with Crippen LogP contribution in [-0.2, 0) is 10.0 Å². The highest BCUT2D eigenvalue weighted by atomic mass is 32.2. The van der Waals surface area contributed by atoms with Gasteiger partial charge in [-0.25, -0.2) is 13.4 Å². The van der Waals surface area contributed by atoms with Crippen molar-refractivity contribution in [1.82, 2.24) is 14.6 Å². The van der Waals surface area contributed by atoms with E-state index in [0.717, 1.165) is 50.8 Å². The number of nitrogens with one attached hydrogen (secondary N) is 1. The highest BCUT2D eigenvalue weighted by molar-refractivity contribution is 7.90. The van der Waals surface area contributed by atoms with E-state index in [1.165, 1.54) is 0 Å². The van der Waals surface area contributed by atoms with Gasteiger partial charge in [0.2, 0.25) is 10.0 Å². The lowest BCUT2D eigenvalue weighted by Crippen LogP contribution is -2.61. The number of hydrogen-bond acceptors (Lipinski definition) is 6. The maximum Gasteiger partial charge on any atom is 0.270 e. The SMILES string of the molecule is CC1CN(S(=O)(=O)C2CC2)CCN1c1cccc(C(=O)NC2C3CC4CC2CC(O)(C4)C3)n1. The first-order valence-electron chi connectivity index (χ1n) is 12.5. The van der Waals surface area contributed by atoms with Crippen molar-refractivity contribution in [2.24, 2.45) is 17.8 Å². The molecule has 2 N–H and O–H groups in total. The molecule has 1 aliphatic heterocycles. The van der Waals surface area contributed by atoms with E-state index >= 15 is 0 Å². The average Bonchev–Trinajstić information content (AvgIpc) is 3.61. The number of amides is 1. The summed E-state index contributed by atoms with van der Waals surface area (Å²) in [7, 11) is -3.17. The van der Waals surface area contributed by atoms with Gasteiger partial charge < -0.3 is 15.3 Å². The summed E-state index contributed by atoms with van der Waals surface area (Å²) < 4.78 is 26.9. The molecule has 6 fully saturated rings. The molecular weight excluding hydrogens is 440 g/mol. The van der Waals surface area contributed by atoms with Gasteiger partial charge in [0.15, 0.2) is 0 Å². The molecule has 9 heteroatoms. The molecule has 8 nitrogen and oxygen atoms in total. The van der Waals surface area contributed by atoms with Crippen molar-refractivity contribution in [3.05, 3.63) is 23.9 Å². The fourth-order valence-corrected chi connectivity index (χ4v) is 9.14. The molecule has 33 heavy (non-hydrogen) atoms. The second-order valence-electron chi connectivity index (χ2n) is 11.2. The van der Waals surface area contributed by atoms with Crippen molar-refractivity contribution in [3.8, 4) is 0 Å². The Morgan fingerprint density at radius 2 is 1.88 bits per heavy atom. The number of sulfonamides is 1. The lowest BCUT2D eigenvalue weighted by Gasteiger charge is -2.58. The van der Waals surface area contributed by atoms with Crippen LogP contribution < -0.4 is 10.2 Å². The van der Waals surface area contributed by atoms with Gasteiger partial charge in [0.25, 0.3) is 5.91 Å². The van der Waals surface area contributed by atoms with Crippen LogP contribution in [0.5, 0.6) is 0 Å². The Kier molecular flexibility index (Phi) is 5.05. The van der Waals surface area contributed by atoms with Crippen molar-refractivity contribution in [2.75, 3.05) is 24.5 Å². The van der Waals surface area contributed by atoms with E-state index < -0.39 is 15.6 Å². The van der Waals surface area contributed by atoms with E-state index in [1.54, 1.807) is 10.4 Å². The van der Waals surface area contributed by atoms with Crippen molar-refractivity contribution in [1.29, 1.82) is 0 Å². The standard InChI is InChI=1S/C24H34N4O4S/c1-15-14-27(33(31,32)19-5-6-19)7-8-28(15)21-4-2-3-20(25-21)23(29)26-22-17-9-16-10-18(22)13-24(30,11-16)12-17/h2-4,15-19,22,30H,5-14H2,1H3,(H,26,29). The van der Waals surface area contributed by atoms with Gasteiger partial charge in [-0.15, -0.1) is 0 Å². The summed E-state index contributed by atoms with van der Waals surface area (Å²) in [6, 6.07) is 5.62. The van der Waals surface area contributed by atoms with Crippen LogP contribution in [0.3, 0.4) is 0 Å². The Morgan fingerprint density at radius 3 is 2.52 bits per heavy atom. The molecule has 1 amide bonds. The number of hydrogen-bond donors (Lipinski definition) is 2. The van der Waals surface area contributed by atoms with Gasteiger partial charge in [0.05, 0.1) is 10.9 Å². The Labute approximate surface area is 195 Å². The molecule has 0 spiro atoms. The number of carbonyl (C=O) groups excluding carboxylic acids is 1. The van der Waals surface area contributed by atoms with Crippen LogP contribution in [0.4, 0.5) is 5.82 Å². The maximum absolute atomic E-state index is 13.2. The molecule has 3 unspecified atom stereocenters. The first-order chi connectivity index (χ1) is 15.7. The number of aliphatic hydroxyl groups is 1. The third kappa shape index (κ3) is 3.86. The van der Waals surface area contributed by atoms with Crippen LogP contribution in [0.15, 0.2) is 18.2 Å². The molecule has 6 aliphatic rings. The van der Waals surface area contributed by atoms with Gasteiger partial charge in [-0.1, -0.05) is 6.07 Å². The first kappa shape index (κ1) is 21.8. The third-order valence-electron chi connectivity index (χ3n) is 8.70. The van der Waals surface area contributed by atoms with Crippen molar-refractivity contribution in [3.63, 3.8) is 0 Å². The second kappa shape index (κ2) is 7.65. The van der Waals surface area contributed by atoms with Gasteiger partial charge in [-0.2, -0.15) is 4.31 Å². The van der Waals surface area contributed by atoms with Crippen molar-refractivity contribution >= 4 is 21.7 Å². The second-order valence-corrected chi connectivity index (χ2v) is 13.4. The van der Waals surface area contributed by atoms with Gasteiger partial charge in [-0.3, -0.25) is 4.79 Å². The van der Waals surface area contributed by atoms with E-state index in [4.69, 9.17) is 0 Å². The Hall–Kier alpha value is -1.71. The number of piperazine rings is 1. The monoisotopic (exact) mass is 474 g/mol. The Bertz CT molecular complexity index is 1040. The maximum atomic E-state index is 13.2. The van der Waals surface area contributed by atoms with Crippen LogP contribution in [0.1, 0.15) is 62.4 Å². The predicted molar refractivity (Wildman–Crippen MR) is 124 cm³/mol. The Morgan fingerprint density at radius 1 is 1.15 bits per heavy atom. The summed E-state index contributed by atoms with van der Waals surface area (Å²) in [5, 5.41) is 13.9. The van der Waals surface area contributed by atoms with E-state index in [2.05, 4.69) is 15.2 Å². The highest BCUT2D eigenvalue weighted by Crippen LogP contribution is 2.55. The minimum Gasteiger partial charge on any atom is -0.390 e. The first-order valence-corrected chi connectivity index (χ1v) is 14.0. The normalized spacial score (nSPS) is 38.5. The molecule has 5 saturated carbocycles. The van der Waals surface area contributed by atoms with Gasteiger partial charge in [-0.05, 0) is 81.8 Å². The number of nitrogens with zero attached hydrogens (tertiary/aromatic N) is 3. The molecule has 1 aromatic rings. The Balaban J connectivity index is 1.14. The van der Waals surface area contributed by atoms with Crippen LogP contribution in [0.25, 0.3) is 0 Å². The smallest absolute Gasteiger partial charge is 0.270 e. The largest absolute Gasteiger partial charge is 0.390 e. The predicted octanol–water partition coefficient (Wildman–Crippen LogP) is 1.75. The van der Waals surface area contributed by atoms with E-state index in [9.17, 15) is 18.3 Å². The number of rotatable bonds is 5. The van der Waals surface area contributed by atoms with Crippen molar-refractivity contribution < 1.29 is 18.3 Å². The number of pyridine rings is 1. The molecule has 0 aromatic carbocycles. The summed E-state index contributed by atoms with van der Waals surface area (Å²) in [6.07, 6.45) is 6.27. The summed E-state index contributed by atoms with van der Waals surface area (Å²) in [5.41, 5.74) is -0.110. The molecule has 1 aromatic heterocycles. The van der Waals surface area contributed by atoms with Crippen LogP contribution in [-0.4, -0.2) is 71.3 Å². The quantitative estimate of drug-likeness (QED) is 0.674. The van der Waals surface area contributed by atoms with Gasteiger partial charge in [0, 0.05) is 31.7 Å². The highest BCUT2D eigenvalue weighted by Gasteiger charge is 2.55. The molecule has 0 radical (unpaired) electrons. The minimum atomic E-state index is -3.17. The molecular formula is C24H34N4O4S. The number of carbonyl (C=O) groups is 1. The molecule has 180 valence electrons. The number of anilines is 1. The lowest BCUT2D eigenvalue weighted by atomic mass is 9.52. The van der Waals surface area contributed by atoms with Crippen LogP contribution in [0.2, 0.25) is 0 Å². The van der Waals surface area contributed by atoms with E-state index in [1.807, 2.05) is 19.1 Å². The summed E-state index contributed by atoms with van der Waals surface area (Å²) in [5.74, 6) is 1.89. The molecule has 4 bridgehead atoms. The summed E-state index contributed by atoms with van der Waals surface area (Å²) in [4.78, 5) is 19.9. The molecule has 5 aliphatic carbocycles. The van der Waals surface area contributed by atoms with Crippen LogP contribution in [0, 0.1) is 17.8 Å². The zero-order valence-corrected chi connectivity index (χ0v) is 20.0. The summed E-state index contributed by atoms with van der Waals surface area (Å²) in [6.45, 7) is 3.49. The number of aromatic nitrogens is 1. The molecule has 1 saturated heterocycles.